The minimum absolute atomic E-state index is 0.291. The zero-order valence-electron chi connectivity index (χ0n) is 12.3. The minimum atomic E-state index is -0.340. The fraction of sp³-hybridized carbons (Fsp3) is 0.267. The summed E-state index contributed by atoms with van der Waals surface area (Å²) in [6.45, 7) is 5.87. The van der Waals surface area contributed by atoms with Gasteiger partial charge >= 0.3 is 0 Å². The summed E-state index contributed by atoms with van der Waals surface area (Å²) in [5.41, 5.74) is 11.7. The molecule has 6 heteroatoms. The fourth-order valence-corrected chi connectivity index (χ4v) is 1.73. The molecule has 0 aliphatic rings. The van der Waals surface area contributed by atoms with Crippen molar-refractivity contribution in [1.82, 2.24) is 15.6 Å². The van der Waals surface area contributed by atoms with Gasteiger partial charge in [-0.2, -0.15) is 10.2 Å². The number of hydrazone groups is 1. The number of nitrogens with two attached hydrogens (primary N) is 1. The molecule has 0 saturated heterocycles. The third kappa shape index (κ3) is 3.68. The molecule has 0 bridgehead atoms. The summed E-state index contributed by atoms with van der Waals surface area (Å²) in [5.74, 6) is -0.0491. The van der Waals surface area contributed by atoms with E-state index in [1.807, 2.05) is 32.9 Å². The molecule has 2 rings (SSSR count). The minimum Gasteiger partial charge on any atom is -0.399 e. The maximum atomic E-state index is 11.9. The number of hydrogen-bond acceptors (Lipinski definition) is 4. The summed E-state index contributed by atoms with van der Waals surface area (Å²) in [4.78, 5) is 11.9. The molecule has 0 spiro atoms. The Morgan fingerprint density at radius 2 is 2.00 bits per heavy atom. The molecule has 0 aliphatic carbocycles. The first-order chi connectivity index (χ1) is 9.97. The molecule has 0 unspecified atom stereocenters. The van der Waals surface area contributed by atoms with E-state index in [4.69, 9.17) is 5.73 Å². The highest BCUT2D eigenvalue weighted by Crippen LogP contribution is 2.11. The van der Waals surface area contributed by atoms with Crippen LogP contribution in [0.2, 0.25) is 0 Å². The van der Waals surface area contributed by atoms with E-state index < -0.39 is 0 Å². The number of hydrogen-bond donors (Lipinski definition) is 3. The zero-order chi connectivity index (χ0) is 15.4. The molecule has 1 aromatic carbocycles. The number of nitrogen functional groups attached to an aromatic ring is 1. The molecular weight excluding hydrogens is 266 g/mol. The highest BCUT2D eigenvalue weighted by atomic mass is 16.2. The molecule has 6 nitrogen and oxygen atoms in total. The van der Waals surface area contributed by atoms with E-state index in [1.165, 1.54) is 0 Å². The molecule has 0 atom stereocenters. The molecule has 0 saturated carbocycles. The van der Waals surface area contributed by atoms with Crippen LogP contribution in [-0.4, -0.2) is 21.8 Å². The van der Waals surface area contributed by atoms with Crippen molar-refractivity contribution in [2.75, 3.05) is 5.73 Å². The maximum absolute atomic E-state index is 11.9. The predicted octanol–water partition coefficient (Wildman–Crippen LogP) is 2.27. The summed E-state index contributed by atoms with van der Waals surface area (Å²) in [6.07, 6.45) is 0. The standard InChI is InChI=1S/C15H19N5O/c1-9(2)13-8-14(19-18-13)15(21)20-17-10(3)11-4-6-12(16)7-5-11/h4-9H,16H2,1-3H3,(H,18,19)(H,20,21). The summed E-state index contributed by atoms with van der Waals surface area (Å²) in [5, 5.41) is 10.9. The van der Waals surface area contributed by atoms with E-state index in [-0.39, 0.29) is 5.91 Å². The van der Waals surface area contributed by atoms with Gasteiger partial charge in [0.15, 0.2) is 5.69 Å². The number of nitrogens with zero attached hydrogens (tertiary/aromatic N) is 2. The van der Waals surface area contributed by atoms with Crippen molar-refractivity contribution in [1.29, 1.82) is 0 Å². The Bertz CT molecular complexity index is 655. The van der Waals surface area contributed by atoms with Crippen LogP contribution >= 0.6 is 0 Å². The van der Waals surface area contributed by atoms with Gasteiger partial charge in [0.25, 0.3) is 5.91 Å². The highest BCUT2D eigenvalue weighted by molar-refractivity contribution is 6.00. The van der Waals surface area contributed by atoms with E-state index in [2.05, 4.69) is 20.7 Å². The Kier molecular flexibility index (Phi) is 4.37. The predicted molar refractivity (Wildman–Crippen MR) is 83.2 cm³/mol. The van der Waals surface area contributed by atoms with Gasteiger partial charge in [0.1, 0.15) is 0 Å². The summed E-state index contributed by atoms with van der Waals surface area (Å²) >= 11 is 0. The van der Waals surface area contributed by atoms with Crippen molar-refractivity contribution >= 4 is 17.3 Å². The van der Waals surface area contributed by atoms with Gasteiger partial charge in [0.05, 0.1) is 5.71 Å². The van der Waals surface area contributed by atoms with Crippen molar-refractivity contribution in [3.05, 3.63) is 47.3 Å². The largest absolute Gasteiger partial charge is 0.399 e. The Morgan fingerprint density at radius 1 is 1.33 bits per heavy atom. The number of aromatic amines is 1. The number of rotatable bonds is 4. The van der Waals surface area contributed by atoms with E-state index >= 15 is 0 Å². The molecular formula is C15H19N5O. The molecule has 0 fully saturated rings. The number of amides is 1. The number of nitrogens with one attached hydrogen (secondary N) is 2. The van der Waals surface area contributed by atoms with Crippen molar-refractivity contribution in [3.8, 4) is 0 Å². The smallest absolute Gasteiger partial charge is 0.291 e. The molecule has 1 aromatic heterocycles. The van der Waals surface area contributed by atoms with Crippen LogP contribution in [0.1, 0.15) is 48.4 Å². The first-order valence-electron chi connectivity index (χ1n) is 6.73. The van der Waals surface area contributed by atoms with Crippen LogP contribution in [0.3, 0.4) is 0 Å². The first kappa shape index (κ1) is 14.8. The number of anilines is 1. The van der Waals surface area contributed by atoms with E-state index in [0.717, 1.165) is 11.3 Å². The normalized spacial score (nSPS) is 11.7. The van der Waals surface area contributed by atoms with Crippen molar-refractivity contribution in [3.63, 3.8) is 0 Å². The van der Waals surface area contributed by atoms with Gasteiger partial charge in [0.2, 0.25) is 0 Å². The van der Waals surface area contributed by atoms with Crippen LogP contribution < -0.4 is 11.2 Å². The molecule has 110 valence electrons. The van der Waals surface area contributed by atoms with Gasteiger partial charge < -0.3 is 5.73 Å². The third-order valence-electron chi connectivity index (χ3n) is 3.11. The van der Waals surface area contributed by atoms with E-state index in [1.54, 1.807) is 18.2 Å². The molecule has 0 aliphatic heterocycles. The molecule has 1 heterocycles. The molecule has 1 amide bonds. The van der Waals surface area contributed by atoms with Crippen LogP contribution in [0.25, 0.3) is 0 Å². The SMILES string of the molecule is CC(=NNC(=O)c1cc(C(C)C)[nH]n1)c1ccc(N)cc1. The van der Waals surface area contributed by atoms with E-state index in [0.29, 0.717) is 23.0 Å². The lowest BCUT2D eigenvalue weighted by Gasteiger charge is -2.02. The topological polar surface area (TPSA) is 96.2 Å². The fourth-order valence-electron chi connectivity index (χ4n) is 1.73. The van der Waals surface area contributed by atoms with Crippen LogP contribution in [0.15, 0.2) is 35.4 Å². The van der Waals surface area contributed by atoms with E-state index in [9.17, 15) is 4.79 Å². The average Bonchev–Trinajstić information content (AvgIpc) is 2.95. The second-order valence-corrected chi connectivity index (χ2v) is 5.12. The van der Waals surface area contributed by atoms with Crippen molar-refractivity contribution in [2.24, 2.45) is 5.10 Å². The molecule has 2 aromatic rings. The lowest BCUT2D eigenvalue weighted by molar-refractivity contribution is 0.0950. The highest BCUT2D eigenvalue weighted by Gasteiger charge is 2.11. The van der Waals surface area contributed by atoms with Crippen LogP contribution in [-0.2, 0) is 0 Å². The summed E-state index contributed by atoms with van der Waals surface area (Å²) < 4.78 is 0. The molecule has 21 heavy (non-hydrogen) atoms. The van der Waals surface area contributed by atoms with Gasteiger partial charge in [-0.05, 0) is 36.6 Å². The Balaban J connectivity index is 2.05. The number of carbonyl (C=O) groups excluding carboxylic acids is 1. The number of aromatic nitrogens is 2. The van der Waals surface area contributed by atoms with Crippen LogP contribution in [0.4, 0.5) is 5.69 Å². The lowest BCUT2D eigenvalue weighted by atomic mass is 10.1. The second-order valence-electron chi connectivity index (χ2n) is 5.12. The van der Waals surface area contributed by atoms with Crippen molar-refractivity contribution in [2.45, 2.75) is 26.7 Å². The quantitative estimate of drug-likeness (QED) is 0.456. The Hall–Kier alpha value is -2.63. The summed E-state index contributed by atoms with van der Waals surface area (Å²) in [6, 6.07) is 9.02. The Morgan fingerprint density at radius 3 is 2.57 bits per heavy atom. The Labute approximate surface area is 123 Å². The monoisotopic (exact) mass is 285 g/mol. The maximum Gasteiger partial charge on any atom is 0.291 e. The first-order valence-corrected chi connectivity index (χ1v) is 6.73. The third-order valence-corrected chi connectivity index (χ3v) is 3.11. The van der Waals surface area contributed by atoms with Gasteiger partial charge in [0, 0.05) is 11.4 Å². The van der Waals surface area contributed by atoms with Gasteiger partial charge in [-0.15, -0.1) is 0 Å². The summed E-state index contributed by atoms with van der Waals surface area (Å²) in [7, 11) is 0. The van der Waals surface area contributed by atoms with Crippen LogP contribution in [0, 0.1) is 0 Å². The van der Waals surface area contributed by atoms with Crippen LogP contribution in [0.5, 0.6) is 0 Å². The van der Waals surface area contributed by atoms with Gasteiger partial charge in [-0.25, -0.2) is 5.43 Å². The number of H-pyrrole nitrogens is 1. The molecule has 4 N–H and O–H groups in total. The van der Waals surface area contributed by atoms with Crippen molar-refractivity contribution < 1.29 is 4.79 Å². The second kappa shape index (κ2) is 6.21. The number of carbonyl (C=O) groups is 1. The lowest BCUT2D eigenvalue weighted by Crippen LogP contribution is -2.19. The average molecular weight is 285 g/mol. The zero-order valence-corrected chi connectivity index (χ0v) is 12.3. The van der Waals surface area contributed by atoms with Gasteiger partial charge in [-0.1, -0.05) is 26.0 Å². The molecule has 0 radical (unpaired) electrons. The van der Waals surface area contributed by atoms with Gasteiger partial charge in [-0.3, -0.25) is 9.89 Å². The number of benzene rings is 1.